The van der Waals surface area contributed by atoms with Crippen molar-refractivity contribution in [1.82, 2.24) is 15.5 Å². The van der Waals surface area contributed by atoms with E-state index >= 15 is 0 Å². The van der Waals surface area contributed by atoms with Crippen molar-refractivity contribution in [3.8, 4) is 0 Å². The van der Waals surface area contributed by atoms with Gasteiger partial charge < -0.3 is 15.5 Å². The highest BCUT2D eigenvalue weighted by atomic mass is 19.1. The van der Waals surface area contributed by atoms with E-state index < -0.39 is 0 Å². The zero-order valence-corrected chi connectivity index (χ0v) is 15.1. The zero-order chi connectivity index (χ0) is 18.2. The van der Waals surface area contributed by atoms with Gasteiger partial charge in [0, 0.05) is 13.1 Å². The molecule has 0 fully saturated rings. The Kier molecular flexibility index (Phi) is 6.95. The normalized spacial score (nSPS) is 12.0. The van der Waals surface area contributed by atoms with Crippen molar-refractivity contribution >= 4 is 6.03 Å². The van der Waals surface area contributed by atoms with E-state index in [1.54, 1.807) is 12.1 Å². The number of nitrogens with one attached hydrogen (secondary N) is 2. The highest BCUT2D eigenvalue weighted by Crippen LogP contribution is 2.18. The van der Waals surface area contributed by atoms with Gasteiger partial charge in [-0.25, -0.2) is 9.18 Å². The topological polar surface area (TPSA) is 44.4 Å². The van der Waals surface area contributed by atoms with E-state index in [1.165, 1.54) is 23.3 Å². The van der Waals surface area contributed by atoms with Crippen LogP contribution >= 0.6 is 0 Å². The lowest BCUT2D eigenvalue weighted by molar-refractivity contribution is 0.232. The van der Waals surface area contributed by atoms with Crippen molar-refractivity contribution in [3.05, 3.63) is 71.0 Å². The average molecular weight is 343 g/mol. The van der Waals surface area contributed by atoms with Crippen molar-refractivity contribution in [3.63, 3.8) is 0 Å². The summed E-state index contributed by atoms with van der Waals surface area (Å²) >= 11 is 0. The molecular weight excluding hydrogens is 317 g/mol. The van der Waals surface area contributed by atoms with Gasteiger partial charge in [-0.2, -0.15) is 0 Å². The van der Waals surface area contributed by atoms with E-state index in [0.717, 1.165) is 12.0 Å². The van der Waals surface area contributed by atoms with Crippen LogP contribution in [0.3, 0.4) is 0 Å². The standard InChI is InChI=1S/C20H26FN3O/c1-4-15-5-9-17(10-6-15)19(24(2)3)14-23-20(25)22-13-16-7-11-18(21)12-8-16/h5-12,19H,4,13-14H2,1-3H3,(H2,22,23,25). The van der Waals surface area contributed by atoms with Gasteiger partial charge in [-0.15, -0.1) is 0 Å². The first-order valence-corrected chi connectivity index (χ1v) is 8.51. The molecule has 134 valence electrons. The molecule has 1 atom stereocenters. The quantitative estimate of drug-likeness (QED) is 0.808. The maximum Gasteiger partial charge on any atom is 0.315 e. The minimum absolute atomic E-state index is 0.0995. The van der Waals surface area contributed by atoms with Crippen LogP contribution in [0.1, 0.15) is 29.7 Å². The third-order valence-corrected chi connectivity index (χ3v) is 4.22. The Morgan fingerprint density at radius 2 is 1.60 bits per heavy atom. The minimum atomic E-state index is -0.281. The van der Waals surface area contributed by atoms with Crippen LogP contribution in [0.4, 0.5) is 9.18 Å². The Hall–Kier alpha value is -2.40. The summed E-state index contributed by atoms with van der Waals surface area (Å²) in [6, 6.07) is 14.4. The lowest BCUT2D eigenvalue weighted by atomic mass is 10.0. The van der Waals surface area contributed by atoms with E-state index in [1.807, 2.05) is 14.1 Å². The van der Waals surface area contributed by atoms with Gasteiger partial charge in [-0.1, -0.05) is 43.3 Å². The summed E-state index contributed by atoms with van der Waals surface area (Å²) < 4.78 is 12.9. The second-order valence-electron chi connectivity index (χ2n) is 6.26. The molecule has 0 saturated heterocycles. The highest BCUT2D eigenvalue weighted by Gasteiger charge is 2.15. The molecular formula is C20H26FN3O. The van der Waals surface area contributed by atoms with E-state index in [2.05, 4.69) is 46.7 Å². The van der Waals surface area contributed by atoms with Crippen LogP contribution in [0.2, 0.25) is 0 Å². The number of aryl methyl sites for hydroxylation is 1. The molecule has 0 heterocycles. The molecule has 2 aromatic rings. The maximum atomic E-state index is 12.9. The number of benzene rings is 2. The summed E-state index contributed by atoms with van der Waals surface area (Å²) in [6.45, 7) is 3.00. The Morgan fingerprint density at radius 3 is 2.16 bits per heavy atom. The van der Waals surface area contributed by atoms with Crippen molar-refractivity contribution in [2.24, 2.45) is 0 Å². The number of hydrogen-bond donors (Lipinski definition) is 2. The van der Waals surface area contributed by atoms with Crippen LogP contribution in [-0.4, -0.2) is 31.6 Å². The second-order valence-corrected chi connectivity index (χ2v) is 6.26. The minimum Gasteiger partial charge on any atom is -0.336 e. The van der Waals surface area contributed by atoms with E-state index in [4.69, 9.17) is 0 Å². The number of urea groups is 1. The molecule has 0 aliphatic carbocycles. The maximum absolute atomic E-state index is 12.9. The van der Waals surface area contributed by atoms with Crippen LogP contribution in [0, 0.1) is 5.82 Å². The SMILES string of the molecule is CCc1ccc(C(CNC(=O)NCc2ccc(F)cc2)N(C)C)cc1. The highest BCUT2D eigenvalue weighted by molar-refractivity contribution is 5.73. The summed E-state index contributed by atoms with van der Waals surface area (Å²) in [5, 5.41) is 5.70. The van der Waals surface area contributed by atoms with Gasteiger partial charge >= 0.3 is 6.03 Å². The largest absolute Gasteiger partial charge is 0.336 e. The molecule has 0 bridgehead atoms. The summed E-state index contributed by atoms with van der Waals surface area (Å²) in [5.74, 6) is -0.281. The number of nitrogens with zero attached hydrogens (tertiary/aromatic N) is 1. The second kappa shape index (κ2) is 9.18. The fourth-order valence-corrected chi connectivity index (χ4v) is 2.61. The molecule has 1 unspecified atom stereocenters. The Bertz CT molecular complexity index is 668. The molecule has 25 heavy (non-hydrogen) atoms. The number of carbonyl (C=O) groups excluding carboxylic acids is 1. The number of rotatable bonds is 7. The molecule has 2 aromatic carbocycles. The van der Waals surface area contributed by atoms with Crippen molar-refractivity contribution in [2.75, 3.05) is 20.6 Å². The van der Waals surface area contributed by atoms with Gasteiger partial charge in [0.2, 0.25) is 0 Å². The third-order valence-electron chi connectivity index (χ3n) is 4.22. The lowest BCUT2D eigenvalue weighted by Gasteiger charge is -2.25. The van der Waals surface area contributed by atoms with Crippen molar-refractivity contribution < 1.29 is 9.18 Å². The monoisotopic (exact) mass is 343 g/mol. The summed E-state index contributed by atoms with van der Waals surface area (Å²) in [4.78, 5) is 14.1. The molecule has 2 amide bonds. The molecule has 5 heteroatoms. The van der Waals surface area contributed by atoms with Crippen LogP contribution < -0.4 is 10.6 Å². The Morgan fingerprint density at radius 1 is 1.00 bits per heavy atom. The van der Waals surface area contributed by atoms with Crippen LogP contribution in [0.5, 0.6) is 0 Å². The van der Waals surface area contributed by atoms with Gasteiger partial charge in [-0.3, -0.25) is 0 Å². The van der Waals surface area contributed by atoms with E-state index in [-0.39, 0.29) is 17.9 Å². The molecule has 2 N–H and O–H groups in total. The van der Waals surface area contributed by atoms with Gasteiger partial charge in [0.05, 0.1) is 6.04 Å². The molecule has 0 radical (unpaired) electrons. The Labute approximate surface area is 149 Å². The van der Waals surface area contributed by atoms with E-state index in [0.29, 0.717) is 13.1 Å². The molecule has 0 aliphatic heterocycles. The van der Waals surface area contributed by atoms with Crippen LogP contribution in [0.15, 0.2) is 48.5 Å². The first-order chi connectivity index (χ1) is 12.0. The molecule has 0 aromatic heterocycles. The van der Waals surface area contributed by atoms with Gasteiger partial charge in [0.1, 0.15) is 5.82 Å². The molecule has 4 nitrogen and oxygen atoms in total. The molecule has 0 saturated carbocycles. The first-order valence-electron chi connectivity index (χ1n) is 8.51. The summed E-state index contributed by atoms with van der Waals surface area (Å²) in [6.07, 6.45) is 1.01. The number of carbonyl (C=O) groups is 1. The predicted octanol–water partition coefficient (Wildman–Crippen LogP) is 3.49. The number of likely N-dealkylation sites (N-methyl/N-ethyl adjacent to an activating group) is 1. The molecule has 0 spiro atoms. The fourth-order valence-electron chi connectivity index (χ4n) is 2.61. The zero-order valence-electron chi connectivity index (χ0n) is 15.1. The predicted molar refractivity (Wildman–Crippen MR) is 98.9 cm³/mol. The molecule has 0 aliphatic rings. The number of amides is 2. The molecule has 2 rings (SSSR count). The van der Waals surface area contributed by atoms with Crippen molar-refractivity contribution in [2.45, 2.75) is 25.9 Å². The van der Waals surface area contributed by atoms with Crippen molar-refractivity contribution in [1.29, 1.82) is 0 Å². The van der Waals surface area contributed by atoms with Crippen LogP contribution in [0.25, 0.3) is 0 Å². The van der Waals surface area contributed by atoms with Gasteiger partial charge in [-0.05, 0) is 49.3 Å². The number of halogens is 1. The Balaban J connectivity index is 1.87. The van der Waals surface area contributed by atoms with Gasteiger partial charge in [0.25, 0.3) is 0 Å². The van der Waals surface area contributed by atoms with Crippen LogP contribution in [-0.2, 0) is 13.0 Å². The van der Waals surface area contributed by atoms with E-state index in [9.17, 15) is 9.18 Å². The fraction of sp³-hybridized carbons (Fsp3) is 0.350. The van der Waals surface area contributed by atoms with Gasteiger partial charge in [0.15, 0.2) is 0 Å². The summed E-state index contributed by atoms with van der Waals surface area (Å²) in [5.41, 5.74) is 3.32. The smallest absolute Gasteiger partial charge is 0.315 e. The lowest BCUT2D eigenvalue weighted by Crippen LogP contribution is -2.40. The summed E-state index contributed by atoms with van der Waals surface area (Å²) in [7, 11) is 3.99. The average Bonchev–Trinajstić information content (AvgIpc) is 2.61. The third kappa shape index (κ3) is 5.87. The number of hydrogen-bond acceptors (Lipinski definition) is 2. The first kappa shape index (κ1) is 18.9.